The Morgan fingerprint density at radius 3 is 2.16 bits per heavy atom. The molecule has 0 aliphatic carbocycles. The number of carbonyl (C=O) groups excluding carboxylic acids is 2. The van der Waals surface area contributed by atoms with Gasteiger partial charge in [-0.3, -0.25) is 10.1 Å². The van der Waals surface area contributed by atoms with Crippen LogP contribution >= 0.6 is 0 Å². The highest BCUT2D eigenvalue weighted by Gasteiger charge is 2.38. The lowest BCUT2D eigenvalue weighted by atomic mass is 9.80. The summed E-state index contributed by atoms with van der Waals surface area (Å²) in [4.78, 5) is 66.2. The molecule has 0 aromatic heterocycles. The largest absolute Gasteiger partial charge is 0.462 e. The maximum atomic E-state index is 13.1. The van der Waals surface area contributed by atoms with Crippen LogP contribution in [0.5, 0.6) is 0 Å². The van der Waals surface area contributed by atoms with Gasteiger partial charge >= 0.3 is 11.9 Å². The summed E-state index contributed by atoms with van der Waals surface area (Å²) in [6.07, 6.45) is -1.08. The maximum absolute atomic E-state index is 13.1. The number of rotatable bonds is 13. The van der Waals surface area contributed by atoms with Crippen LogP contribution < -0.4 is 5.32 Å². The molecule has 200 valence electrons. The summed E-state index contributed by atoms with van der Waals surface area (Å²) in [5.74, 6) is -2.99. The van der Waals surface area contributed by atoms with Crippen LogP contribution in [-0.4, -0.2) is 53.0 Å². The zero-order valence-electron chi connectivity index (χ0n) is 20.0. The van der Waals surface area contributed by atoms with Crippen molar-refractivity contribution in [3.05, 3.63) is 82.7 Å². The molecule has 0 radical (unpaired) electrons. The van der Waals surface area contributed by atoms with Gasteiger partial charge < -0.3 is 24.5 Å². The first kappa shape index (κ1) is 28.5. The standard InChI is InChI=1S/C21H24N4O12/c1-12(37-25(32)33)11-35-21(27)18-14(3)22-13(2)17(20(26)34-8-5-9-36-24(30)31)19(18)15-6-4-7-16(10-15)23(28)29/h4,6-7,10,12,19,22H,5,8-9,11H2,1-3H3/t12-,19+/m1/s1. The Kier molecular flexibility index (Phi) is 9.85. The molecule has 0 fully saturated rings. The number of dihydropyridines is 1. The van der Waals surface area contributed by atoms with Crippen molar-refractivity contribution < 1.29 is 43.8 Å². The topological polar surface area (TPSA) is 213 Å². The van der Waals surface area contributed by atoms with Gasteiger partial charge in [0.05, 0.1) is 35.2 Å². The summed E-state index contributed by atoms with van der Waals surface area (Å²) in [6.45, 7) is 3.32. The molecule has 1 aromatic rings. The van der Waals surface area contributed by atoms with Gasteiger partial charge in [0.25, 0.3) is 15.9 Å². The first-order chi connectivity index (χ1) is 17.4. The molecule has 0 amide bonds. The van der Waals surface area contributed by atoms with Gasteiger partial charge in [-0.25, -0.2) is 9.59 Å². The van der Waals surface area contributed by atoms with E-state index in [-0.39, 0.29) is 47.7 Å². The molecular weight excluding hydrogens is 500 g/mol. The quantitative estimate of drug-likeness (QED) is 0.170. The number of allylic oxidation sites excluding steroid dienone is 2. The summed E-state index contributed by atoms with van der Waals surface area (Å²) >= 11 is 0. The second kappa shape index (κ2) is 12.8. The van der Waals surface area contributed by atoms with Gasteiger partial charge in [0.2, 0.25) is 0 Å². The second-order valence-corrected chi connectivity index (χ2v) is 7.77. The molecule has 16 nitrogen and oxygen atoms in total. The van der Waals surface area contributed by atoms with Gasteiger partial charge in [-0.1, -0.05) is 12.1 Å². The number of hydrogen-bond donors (Lipinski definition) is 1. The lowest BCUT2D eigenvalue weighted by Crippen LogP contribution is -2.33. The Balaban J connectivity index is 2.41. The molecule has 37 heavy (non-hydrogen) atoms. The number of benzene rings is 1. The van der Waals surface area contributed by atoms with Gasteiger partial charge in [0.1, 0.15) is 12.7 Å². The normalized spacial score (nSPS) is 15.8. The average molecular weight is 524 g/mol. The Labute approximate surface area is 209 Å². The third-order valence-corrected chi connectivity index (χ3v) is 5.05. The van der Waals surface area contributed by atoms with Crippen molar-refractivity contribution in [2.45, 2.75) is 39.2 Å². The van der Waals surface area contributed by atoms with Gasteiger partial charge in [-0.15, -0.1) is 20.2 Å². The third kappa shape index (κ3) is 7.87. The number of non-ortho nitro benzene ring substituents is 1. The Bertz CT molecular complexity index is 1150. The lowest BCUT2D eigenvalue weighted by molar-refractivity contribution is -0.767. The summed E-state index contributed by atoms with van der Waals surface area (Å²) in [5, 5.41) is 33.0. The molecular formula is C21H24N4O12. The maximum Gasteiger partial charge on any atom is 0.336 e. The number of nitro groups is 1. The van der Waals surface area contributed by atoms with Crippen LogP contribution in [0.3, 0.4) is 0 Å². The second-order valence-electron chi connectivity index (χ2n) is 7.77. The highest BCUT2D eigenvalue weighted by Crippen LogP contribution is 2.40. The summed E-state index contributed by atoms with van der Waals surface area (Å²) in [6, 6.07) is 5.29. The Morgan fingerprint density at radius 2 is 1.59 bits per heavy atom. The first-order valence-electron chi connectivity index (χ1n) is 10.8. The van der Waals surface area contributed by atoms with E-state index in [1.807, 2.05) is 0 Å². The Morgan fingerprint density at radius 1 is 0.973 bits per heavy atom. The van der Waals surface area contributed by atoms with Gasteiger partial charge in [0.15, 0.2) is 0 Å². The zero-order valence-corrected chi connectivity index (χ0v) is 20.0. The molecule has 1 aromatic carbocycles. The van der Waals surface area contributed by atoms with Crippen molar-refractivity contribution in [2.75, 3.05) is 19.8 Å². The highest BCUT2D eigenvalue weighted by molar-refractivity contribution is 6.00. The summed E-state index contributed by atoms with van der Waals surface area (Å²) < 4.78 is 10.4. The lowest BCUT2D eigenvalue weighted by Gasteiger charge is -2.30. The number of nitrogens with zero attached hydrogens (tertiary/aromatic N) is 3. The molecule has 0 bridgehead atoms. The van der Waals surface area contributed by atoms with Crippen LogP contribution in [0.4, 0.5) is 5.69 Å². The van der Waals surface area contributed by atoms with E-state index in [0.29, 0.717) is 5.70 Å². The molecule has 0 saturated carbocycles. The van der Waals surface area contributed by atoms with Crippen LogP contribution in [0.1, 0.15) is 38.7 Å². The van der Waals surface area contributed by atoms with Gasteiger partial charge in [-0.05, 0) is 26.3 Å². The van der Waals surface area contributed by atoms with Gasteiger partial charge in [0, 0.05) is 29.9 Å². The molecule has 1 N–H and O–H groups in total. The Hall–Kier alpha value is -4.76. The van der Waals surface area contributed by atoms with Crippen molar-refractivity contribution in [1.82, 2.24) is 5.32 Å². The minimum atomic E-state index is -1.16. The number of nitro benzene ring substituents is 1. The van der Waals surface area contributed by atoms with Crippen LogP contribution in [0.2, 0.25) is 0 Å². The summed E-state index contributed by atoms with van der Waals surface area (Å²) in [5.41, 5.74) is 0.349. The van der Waals surface area contributed by atoms with E-state index < -0.39 is 45.7 Å². The molecule has 0 saturated heterocycles. The predicted molar refractivity (Wildman–Crippen MR) is 121 cm³/mol. The fourth-order valence-corrected chi connectivity index (χ4v) is 3.58. The number of hydrogen-bond acceptors (Lipinski definition) is 13. The molecule has 2 atom stereocenters. The molecule has 0 unspecified atom stereocenters. The summed E-state index contributed by atoms with van der Waals surface area (Å²) in [7, 11) is 0. The van der Waals surface area contributed by atoms with Crippen molar-refractivity contribution >= 4 is 17.6 Å². The van der Waals surface area contributed by atoms with Crippen LogP contribution in [0.25, 0.3) is 0 Å². The van der Waals surface area contributed by atoms with E-state index in [4.69, 9.17) is 9.47 Å². The monoisotopic (exact) mass is 524 g/mol. The first-order valence-corrected chi connectivity index (χ1v) is 10.8. The van der Waals surface area contributed by atoms with Crippen LogP contribution in [0.15, 0.2) is 46.8 Å². The number of ether oxygens (including phenoxy) is 2. The van der Waals surface area contributed by atoms with Crippen molar-refractivity contribution in [3.8, 4) is 0 Å². The van der Waals surface area contributed by atoms with Crippen molar-refractivity contribution in [1.29, 1.82) is 0 Å². The minimum Gasteiger partial charge on any atom is -0.462 e. The molecule has 0 spiro atoms. The van der Waals surface area contributed by atoms with Crippen LogP contribution in [-0.2, 0) is 28.7 Å². The van der Waals surface area contributed by atoms with E-state index >= 15 is 0 Å². The fourth-order valence-electron chi connectivity index (χ4n) is 3.58. The highest BCUT2D eigenvalue weighted by atomic mass is 17.0. The van der Waals surface area contributed by atoms with E-state index in [2.05, 4.69) is 15.0 Å². The van der Waals surface area contributed by atoms with E-state index in [0.717, 1.165) is 0 Å². The third-order valence-electron chi connectivity index (χ3n) is 5.05. The molecule has 16 heteroatoms. The van der Waals surface area contributed by atoms with E-state index in [1.165, 1.54) is 45.0 Å². The van der Waals surface area contributed by atoms with Gasteiger partial charge in [-0.2, -0.15) is 0 Å². The molecule has 1 heterocycles. The average Bonchev–Trinajstić information content (AvgIpc) is 2.81. The predicted octanol–water partition coefficient (Wildman–Crippen LogP) is 2.11. The molecule has 2 rings (SSSR count). The fraction of sp³-hybridized carbons (Fsp3) is 0.429. The zero-order chi connectivity index (χ0) is 27.7. The van der Waals surface area contributed by atoms with Crippen molar-refractivity contribution in [2.24, 2.45) is 0 Å². The van der Waals surface area contributed by atoms with Crippen LogP contribution in [0, 0.1) is 30.3 Å². The molecule has 1 aliphatic rings. The number of nitrogens with one attached hydrogen (secondary N) is 1. The van der Waals surface area contributed by atoms with Crippen molar-refractivity contribution in [3.63, 3.8) is 0 Å². The SMILES string of the molecule is CC1=C(C(=O)OCCCO[N+](=O)[O-])[C@H](c2cccc([N+](=O)[O-])c2)C(C(=O)OC[C@@H](C)O[N+](=O)[O-])=C(C)N1. The molecule has 1 aliphatic heterocycles. The smallest absolute Gasteiger partial charge is 0.336 e. The number of carbonyl (C=O) groups is 2. The van der Waals surface area contributed by atoms with E-state index in [9.17, 15) is 39.9 Å². The number of esters is 2. The minimum absolute atomic E-state index is 0.00600. The van der Waals surface area contributed by atoms with E-state index in [1.54, 1.807) is 0 Å².